The van der Waals surface area contributed by atoms with E-state index in [-0.39, 0.29) is 57.2 Å². The Morgan fingerprint density at radius 3 is 2.00 bits per heavy atom. The number of likely N-dealkylation sites (tertiary alicyclic amines) is 1. The zero-order valence-electron chi connectivity index (χ0n) is 55.7. The predicted octanol–water partition coefficient (Wildman–Crippen LogP) is 12.9. The number of rotatable bonds is 35. The van der Waals surface area contributed by atoms with Crippen LogP contribution in [-0.4, -0.2) is 148 Å². The van der Waals surface area contributed by atoms with Gasteiger partial charge in [-0.1, -0.05) is 116 Å². The summed E-state index contributed by atoms with van der Waals surface area (Å²) in [6, 6.07) is 50.4. The van der Waals surface area contributed by atoms with Gasteiger partial charge in [0.05, 0.1) is 81.1 Å². The molecule has 96 heavy (non-hydrogen) atoms. The van der Waals surface area contributed by atoms with Gasteiger partial charge in [0, 0.05) is 43.9 Å². The normalized spacial score (nSPS) is 14.0. The van der Waals surface area contributed by atoms with Crippen molar-refractivity contribution in [1.82, 2.24) is 15.1 Å². The van der Waals surface area contributed by atoms with Crippen LogP contribution in [0.1, 0.15) is 102 Å². The maximum absolute atomic E-state index is 14.6. The van der Waals surface area contributed by atoms with Gasteiger partial charge in [-0.25, -0.2) is 9.59 Å². The number of ether oxygens (including phenoxy) is 11. The van der Waals surface area contributed by atoms with E-state index >= 15 is 0 Å². The van der Waals surface area contributed by atoms with Crippen LogP contribution in [0.4, 0.5) is 4.79 Å². The number of carbonyl (C=O) groups is 4. The molecule has 0 spiro atoms. The Balaban J connectivity index is 0.674. The topological polar surface area (TPSA) is 201 Å². The minimum Gasteiger partial charge on any atom is -0.493 e. The van der Waals surface area contributed by atoms with E-state index in [4.69, 9.17) is 56.5 Å². The van der Waals surface area contributed by atoms with E-state index in [1.165, 1.54) is 21.3 Å². The van der Waals surface area contributed by atoms with E-state index in [0.29, 0.717) is 117 Å². The average Bonchev–Trinajstić information content (AvgIpc) is 1.60. The summed E-state index contributed by atoms with van der Waals surface area (Å²) in [6.45, 7) is 4.78. The molecule has 1 aromatic heterocycles. The van der Waals surface area contributed by atoms with Gasteiger partial charge in [0.15, 0.2) is 29.6 Å². The third-order valence-electron chi connectivity index (χ3n) is 17.5. The lowest BCUT2D eigenvalue weighted by Crippen LogP contribution is -2.50. The molecule has 2 heterocycles. The first-order chi connectivity index (χ1) is 47.0. The van der Waals surface area contributed by atoms with Crippen molar-refractivity contribution in [2.45, 2.75) is 82.4 Å². The Kier molecular flexibility index (Phi) is 25.1. The summed E-state index contributed by atoms with van der Waals surface area (Å²) in [5, 5.41) is 3.83. The van der Waals surface area contributed by atoms with Crippen LogP contribution in [-0.2, 0) is 57.5 Å². The summed E-state index contributed by atoms with van der Waals surface area (Å²) in [5.74, 6) is 1.98. The number of aryl methyl sites for hydroxylation is 1. The molecule has 0 bridgehead atoms. The lowest BCUT2D eigenvalue weighted by atomic mass is 9.91. The van der Waals surface area contributed by atoms with Crippen molar-refractivity contribution in [2.24, 2.45) is 0 Å². The van der Waals surface area contributed by atoms with Gasteiger partial charge in [-0.05, 0) is 137 Å². The smallest absolute Gasteiger partial charge is 0.410 e. The van der Waals surface area contributed by atoms with Gasteiger partial charge in [-0.3, -0.25) is 9.59 Å². The largest absolute Gasteiger partial charge is 0.493 e. The van der Waals surface area contributed by atoms with Crippen molar-refractivity contribution in [3.63, 3.8) is 0 Å². The maximum Gasteiger partial charge on any atom is 0.410 e. The summed E-state index contributed by atoms with van der Waals surface area (Å²) in [5.41, 5.74) is 9.69. The highest BCUT2D eigenvalue weighted by Crippen LogP contribution is 2.45. The van der Waals surface area contributed by atoms with Crippen LogP contribution in [0.2, 0.25) is 0 Å². The first kappa shape index (κ1) is 69.3. The van der Waals surface area contributed by atoms with Crippen LogP contribution in [0.3, 0.4) is 0 Å². The van der Waals surface area contributed by atoms with E-state index in [2.05, 4.69) is 47.8 Å². The molecule has 1 fully saturated rings. The van der Waals surface area contributed by atoms with Crippen molar-refractivity contribution in [3.8, 4) is 45.6 Å². The molecule has 2 aliphatic rings. The monoisotopic (exact) mass is 1310 g/mol. The number of nitrogens with zero attached hydrogens (tertiary/aromatic N) is 2. The Morgan fingerprint density at radius 1 is 0.625 bits per heavy atom. The first-order valence-electron chi connectivity index (χ1n) is 32.9. The van der Waals surface area contributed by atoms with Crippen molar-refractivity contribution < 1.29 is 75.7 Å². The second-order valence-corrected chi connectivity index (χ2v) is 23.6. The molecule has 1 aliphatic heterocycles. The number of esters is 1. The molecule has 7 aromatic carbocycles. The van der Waals surface area contributed by atoms with Crippen LogP contribution >= 0.6 is 0 Å². The molecule has 1 saturated heterocycles. The zero-order valence-corrected chi connectivity index (χ0v) is 55.7. The number of methoxy groups -OCH3 is 5. The van der Waals surface area contributed by atoms with Crippen LogP contribution in [0, 0.1) is 0 Å². The number of hydrogen-bond donors (Lipinski definition) is 1. The number of amides is 3. The van der Waals surface area contributed by atoms with Crippen molar-refractivity contribution >= 4 is 34.8 Å². The molecule has 0 saturated carbocycles. The number of piperidine rings is 1. The van der Waals surface area contributed by atoms with E-state index in [1.54, 1.807) is 54.4 Å². The van der Waals surface area contributed by atoms with Gasteiger partial charge >= 0.3 is 12.1 Å². The number of benzene rings is 7. The molecule has 3 amide bonds. The molecule has 19 nitrogen and oxygen atoms in total. The van der Waals surface area contributed by atoms with E-state index in [0.717, 1.165) is 68.5 Å². The highest BCUT2D eigenvalue weighted by Gasteiger charge is 2.38. The van der Waals surface area contributed by atoms with Crippen molar-refractivity contribution in [3.05, 3.63) is 202 Å². The van der Waals surface area contributed by atoms with Crippen molar-refractivity contribution in [1.29, 1.82) is 0 Å². The predicted molar refractivity (Wildman–Crippen MR) is 364 cm³/mol. The standard InChI is InChI=1S/C77H87N3O16/c1-7-60(57-47-71(87-4)74(89-6)72(48-57)88-5)75(82)80-34-16-15-26-66(80)76(83)96-67(31-28-53-29-32-68(85-2)70(43-53)86-3)55-20-17-21-58(45-55)93-51-73(81)78-33-36-90-38-40-92-41-39-91-37-35-79(49-54-27-30-56-46-59(95-69(56)44-54)42-52-18-9-8-10-19-52)77(84)94-50-65-63-24-13-11-22-61(63)62-23-12-14-25-64(62)65/h8-14,17-25,27,29-30,32,43-48,60,65-67H,7,15-16,26,28,31,33-42,49-51H2,1-6H3,(H,78,81)/t60-,66-,67+/m0/s1. The lowest BCUT2D eigenvalue weighted by Gasteiger charge is -2.37. The van der Waals surface area contributed by atoms with Gasteiger partial charge in [0.1, 0.15) is 35.8 Å². The highest BCUT2D eigenvalue weighted by molar-refractivity contribution is 5.89. The second kappa shape index (κ2) is 34.7. The number of nitrogens with one attached hydrogen (secondary N) is 1. The van der Waals surface area contributed by atoms with Crippen LogP contribution in [0.25, 0.3) is 22.1 Å². The molecule has 506 valence electrons. The minimum atomic E-state index is -0.824. The number of hydrogen-bond acceptors (Lipinski definition) is 16. The zero-order chi connectivity index (χ0) is 67.2. The van der Waals surface area contributed by atoms with Gasteiger partial charge < -0.3 is 71.6 Å². The van der Waals surface area contributed by atoms with Crippen molar-refractivity contribution in [2.75, 3.05) is 108 Å². The third-order valence-corrected chi connectivity index (χ3v) is 17.5. The van der Waals surface area contributed by atoms with E-state index in [1.807, 2.05) is 91.9 Å². The summed E-state index contributed by atoms with van der Waals surface area (Å²) < 4.78 is 70.3. The molecule has 1 aliphatic carbocycles. The molecule has 19 heteroatoms. The highest BCUT2D eigenvalue weighted by atomic mass is 16.6. The molecule has 8 aromatic rings. The summed E-state index contributed by atoms with van der Waals surface area (Å²) in [4.78, 5) is 59.6. The average molecular weight is 1310 g/mol. The Hall–Kier alpha value is -9.56. The molecule has 10 rings (SSSR count). The summed E-state index contributed by atoms with van der Waals surface area (Å²) in [7, 11) is 7.74. The van der Waals surface area contributed by atoms with Gasteiger partial charge in [-0.15, -0.1) is 0 Å². The van der Waals surface area contributed by atoms with Gasteiger partial charge in [-0.2, -0.15) is 0 Å². The summed E-state index contributed by atoms with van der Waals surface area (Å²) >= 11 is 0. The summed E-state index contributed by atoms with van der Waals surface area (Å²) in [6.07, 6.45) is 2.74. The minimum absolute atomic E-state index is 0.0806. The van der Waals surface area contributed by atoms with E-state index < -0.39 is 30.1 Å². The third kappa shape index (κ3) is 17.9. The number of fused-ring (bicyclic) bond motifs is 4. The van der Waals surface area contributed by atoms with E-state index in [9.17, 15) is 19.2 Å². The van der Waals surface area contributed by atoms with Crippen LogP contribution in [0.5, 0.6) is 34.5 Å². The molecular formula is C77H87N3O16. The first-order valence-corrected chi connectivity index (χ1v) is 32.9. The Labute approximate surface area is 561 Å². The Bertz CT molecular complexity index is 3800. The molecule has 0 radical (unpaired) electrons. The number of furan rings is 1. The van der Waals surface area contributed by atoms with Crippen LogP contribution < -0.4 is 33.7 Å². The fourth-order valence-electron chi connectivity index (χ4n) is 12.6. The molecule has 3 atom stereocenters. The quantitative estimate of drug-likeness (QED) is 0.0290. The van der Waals surface area contributed by atoms with Gasteiger partial charge in [0.2, 0.25) is 11.7 Å². The molecule has 1 N–H and O–H groups in total. The Morgan fingerprint density at radius 2 is 1.30 bits per heavy atom. The molecular weight excluding hydrogens is 1220 g/mol. The van der Waals surface area contributed by atoms with Gasteiger partial charge in [0.25, 0.3) is 5.91 Å². The fourth-order valence-corrected chi connectivity index (χ4v) is 12.6. The molecule has 0 unspecified atom stereocenters. The number of carbonyl (C=O) groups excluding carboxylic acids is 4. The maximum atomic E-state index is 14.6. The van der Waals surface area contributed by atoms with Crippen LogP contribution in [0.15, 0.2) is 162 Å². The second-order valence-electron chi connectivity index (χ2n) is 23.6. The lowest BCUT2D eigenvalue weighted by molar-refractivity contribution is -0.162. The fraction of sp³-hybridized carbons (Fsp3) is 0.377. The SMILES string of the molecule is CC[C@H](C(=O)N1CCCC[C@H]1C(=O)O[C@H](CCc1ccc(OC)c(OC)c1)c1cccc(OCC(=O)NCCOCCOCCOCCN(Cc2ccc3cc(Cc4ccccc4)oc3c2)C(=O)OCC2c3ccccc3-c3ccccc32)c1)c1cc(OC)c(OC)c(OC)c1.